The Labute approximate surface area is 83.4 Å². The molecule has 0 aliphatic rings. The molecule has 0 spiro atoms. The molecule has 0 saturated carbocycles. The maximum absolute atomic E-state index is 13.3. The molecule has 0 unspecified atom stereocenters. The van der Waals surface area contributed by atoms with E-state index in [1.807, 2.05) is 0 Å². The highest BCUT2D eigenvalue weighted by atomic mass is 19.2. The Balaban J connectivity index is 2.54. The normalized spacial score (nSPS) is 10.3. The van der Waals surface area contributed by atoms with Gasteiger partial charge in [0.15, 0.2) is 11.6 Å². The van der Waals surface area contributed by atoms with Crippen molar-refractivity contribution in [3.8, 4) is 11.1 Å². The van der Waals surface area contributed by atoms with Gasteiger partial charge in [0.1, 0.15) is 0 Å². The summed E-state index contributed by atoms with van der Waals surface area (Å²) in [5.74, 6) is -1.95. The van der Waals surface area contributed by atoms with Crippen molar-refractivity contribution in [2.45, 2.75) is 0 Å². The van der Waals surface area contributed by atoms with Gasteiger partial charge in [-0.1, -0.05) is 12.1 Å². The molecule has 0 bridgehead atoms. The van der Waals surface area contributed by atoms with Crippen LogP contribution >= 0.6 is 0 Å². The van der Waals surface area contributed by atoms with Crippen LogP contribution < -0.4 is 0 Å². The van der Waals surface area contributed by atoms with E-state index in [9.17, 15) is 13.2 Å². The smallest absolute Gasteiger partial charge is 0.210 e. The van der Waals surface area contributed by atoms with Gasteiger partial charge in [0.05, 0.1) is 0 Å². The van der Waals surface area contributed by atoms with Crippen LogP contribution in [0.3, 0.4) is 0 Å². The second kappa shape index (κ2) is 3.68. The zero-order chi connectivity index (χ0) is 10.8. The molecule has 1 heterocycles. The van der Waals surface area contributed by atoms with Gasteiger partial charge in [0, 0.05) is 23.5 Å². The first-order valence-corrected chi connectivity index (χ1v) is 4.10. The standard InChI is InChI=1S/C10H5F3N2/c11-8-3-1-2-7(9(8)12)6-4-14-10(13)15-5-6/h1-5H. The van der Waals surface area contributed by atoms with Crippen molar-refractivity contribution >= 4 is 0 Å². The number of benzene rings is 1. The van der Waals surface area contributed by atoms with Crippen LogP contribution in [0.25, 0.3) is 11.1 Å². The van der Waals surface area contributed by atoms with Crippen LogP contribution in [0, 0.1) is 17.7 Å². The fraction of sp³-hybridized carbons (Fsp3) is 0. The minimum Gasteiger partial charge on any atom is -0.210 e. The minimum absolute atomic E-state index is 0.00926. The van der Waals surface area contributed by atoms with Gasteiger partial charge < -0.3 is 0 Å². The Morgan fingerprint density at radius 1 is 0.933 bits per heavy atom. The van der Waals surface area contributed by atoms with E-state index in [1.54, 1.807) is 0 Å². The van der Waals surface area contributed by atoms with Crippen molar-refractivity contribution in [2.75, 3.05) is 0 Å². The SMILES string of the molecule is Fc1ncc(-c2cccc(F)c2F)cn1. The monoisotopic (exact) mass is 210 g/mol. The third kappa shape index (κ3) is 1.81. The molecule has 0 aliphatic heterocycles. The third-order valence-electron chi connectivity index (χ3n) is 1.88. The van der Waals surface area contributed by atoms with Gasteiger partial charge >= 0.3 is 6.08 Å². The molecule has 0 N–H and O–H groups in total. The van der Waals surface area contributed by atoms with Crippen LogP contribution in [-0.4, -0.2) is 9.97 Å². The lowest BCUT2D eigenvalue weighted by Crippen LogP contribution is -1.92. The summed E-state index contributed by atoms with van der Waals surface area (Å²) in [5, 5.41) is 0. The molecule has 5 heteroatoms. The topological polar surface area (TPSA) is 25.8 Å². The molecule has 0 amide bonds. The summed E-state index contributed by atoms with van der Waals surface area (Å²) >= 11 is 0. The lowest BCUT2D eigenvalue weighted by atomic mass is 10.1. The highest BCUT2D eigenvalue weighted by Gasteiger charge is 2.10. The van der Waals surface area contributed by atoms with Crippen molar-refractivity contribution in [1.82, 2.24) is 9.97 Å². The summed E-state index contributed by atoms with van der Waals surface area (Å²) in [7, 11) is 0. The van der Waals surface area contributed by atoms with E-state index in [2.05, 4.69) is 9.97 Å². The molecule has 76 valence electrons. The summed E-state index contributed by atoms with van der Waals surface area (Å²) in [5.41, 5.74) is 0.239. The van der Waals surface area contributed by atoms with Gasteiger partial charge in [0.25, 0.3) is 0 Å². The zero-order valence-corrected chi connectivity index (χ0v) is 7.42. The molecular formula is C10H5F3N2. The summed E-state index contributed by atoms with van der Waals surface area (Å²) in [6.07, 6.45) is 1.29. The maximum Gasteiger partial charge on any atom is 0.308 e. The second-order valence-corrected chi connectivity index (χ2v) is 2.84. The molecular weight excluding hydrogens is 205 g/mol. The Hall–Kier alpha value is -1.91. The summed E-state index contributed by atoms with van der Waals surface area (Å²) in [6, 6.07) is 3.73. The van der Waals surface area contributed by atoms with Crippen LogP contribution in [0.1, 0.15) is 0 Å². The van der Waals surface area contributed by atoms with E-state index in [1.165, 1.54) is 12.1 Å². The highest BCUT2D eigenvalue weighted by Crippen LogP contribution is 2.22. The van der Waals surface area contributed by atoms with E-state index in [0.29, 0.717) is 0 Å². The van der Waals surface area contributed by atoms with Gasteiger partial charge in [-0.3, -0.25) is 0 Å². The summed E-state index contributed by atoms with van der Waals surface area (Å²) < 4.78 is 38.5. The van der Waals surface area contributed by atoms with Crippen LogP contribution in [-0.2, 0) is 0 Å². The molecule has 2 nitrogen and oxygen atoms in total. The van der Waals surface area contributed by atoms with Crippen molar-refractivity contribution in [3.63, 3.8) is 0 Å². The highest BCUT2D eigenvalue weighted by molar-refractivity contribution is 5.62. The number of halogens is 3. The lowest BCUT2D eigenvalue weighted by Gasteiger charge is -2.02. The molecule has 0 atom stereocenters. The van der Waals surface area contributed by atoms with Gasteiger partial charge in [-0.05, 0) is 6.07 Å². The molecule has 1 aromatic carbocycles. The van der Waals surface area contributed by atoms with Crippen molar-refractivity contribution < 1.29 is 13.2 Å². The molecule has 1 aromatic heterocycles. The zero-order valence-electron chi connectivity index (χ0n) is 7.42. The van der Waals surface area contributed by atoms with Crippen LogP contribution in [0.4, 0.5) is 13.2 Å². The Kier molecular flexibility index (Phi) is 2.37. The van der Waals surface area contributed by atoms with Crippen LogP contribution in [0.5, 0.6) is 0 Å². The van der Waals surface area contributed by atoms with Crippen LogP contribution in [0.15, 0.2) is 30.6 Å². The van der Waals surface area contributed by atoms with Gasteiger partial charge in [-0.2, -0.15) is 4.39 Å². The van der Waals surface area contributed by atoms with E-state index >= 15 is 0 Å². The Bertz CT molecular complexity index is 483. The quantitative estimate of drug-likeness (QED) is 0.676. The predicted molar refractivity (Wildman–Crippen MR) is 47.3 cm³/mol. The average molecular weight is 210 g/mol. The van der Waals surface area contributed by atoms with Crippen molar-refractivity contribution in [1.29, 1.82) is 0 Å². The molecule has 0 saturated heterocycles. The largest absolute Gasteiger partial charge is 0.308 e. The predicted octanol–water partition coefficient (Wildman–Crippen LogP) is 2.56. The summed E-state index contributed by atoms with van der Waals surface area (Å²) in [6.45, 7) is 0. The number of aromatic nitrogens is 2. The minimum atomic E-state index is -0.993. The first kappa shape index (κ1) is 9.64. The van der Waals surface area contributed by atoms with Crippen LogP contribution in [0.2, 0.25) is 0 Å². The maximum atomic E-state index is 13.3. The number of hydrogen-bond acceptors (Lipinski definition) is 2. The van der Waals surface area contributed by atoms with Crippen molar-refractivity contribution in [2.24, 2.45) is 0 Å². The third-order valence-corrected chi connectivity index (χ3v) is 1.88. The molecule has 0 fully saturated rings. The molecule has 0 radical (unpaired) electrons. The summed E-state index contributed by atoms with van der Waals surface area (Å²) in [4.78, 5) is 6.52. The van der Waals surface area contributed by atoms with Gasteiger partial charge in [-0.15, -0.1) is 0 Å². The van der Waals surface area contributed by atoms with E-state index < -0.39 is 17.7 Å². The Morgan fingerprint density at radius 3 is 2.27 bits per heavy atom. The molecule has 15 heavy (non-hydrogen) atoms. The molecule has 2 rings (SSSR count). The van der Waals surface area contributed by atoms with E-state index in [-0.39, 0.29) is 11.1 Å². The second-order valence-electron chi connectivity index (χ2n) is 2.84. The number of hydrogen-bond donors (Lipinski definition) is 0. The van der Waals surface area contributed by atoms with E-state index in [4.69, 9.17) is 0 Å². The first-order valence-electron chi connectivity index (χ1n) is 4.10. The van der Waals surface area contributed by atoms with E-state index in [0.717, 1.165) is 18.5 Å². The Morgan fingerprint density at radius 2 is 1.60 bits per heavy atom. The molecule has 0 aliphatic carbocycles. The fourth-order valence-electron chi connectivity index (χ4n) is 1.18. The lowest BCUT2D eigenvalue weighted by molar-refractivity contribution is 0.510. The van der Waals surface area contributed by atoms with Gasteiger partial charge in [0.2, 0.25) is 0 Å². The van der Waals surface area contributed by atoms with Gasteiger partial charge in [-0.25, -0.2) is 18.7 Å². The molecule has 2 aromatic rings. The number of nitrogens with zero attached hydrogens (tertiary/aromatic N) is 2. The number of rotatable bonds is 1. The fourth-order valence-corrected chi connectivity index (χ4v) is 1.18. The average Bonchev–Trinajstić information content (AvgIpc) is 2.24. The first-order chi connectivity index (χ1) is 7.18. The van der Waals surface area contributed by atoms with Crippen molar-refractivity contribution in [3.05, 3.63) is 48.3 Å².